The maximum atomic E-state index is 6.17. The first-order chi connectivity index (χ1) is 7.96. The standard InChI is InChI=1S/C14H20ClNO/c1-14(2,16)9-11-8-12(15)7-10-5-3-4-6-17-13(10)11/h7-8H,3-6,9,16H2,1-2H3. The Morgan fingerprint density at radius 1 is 1.35 bits per heavy atom. The second-order valence-electron chi connectivity index (χ2n) is 5.52. The van der Waals surface area contributed by atoms with E-state index in [-0.39, 0.29) is 5.54 Å². The van der Waals surface area contributed by atoms with Gasteiger partial charge in [0.25, 0.3) is 0 Å². The first kappa shape index (κ1) is 12.7. The number of fused-ring (bicyclic) bond motifs is 1. The highest BCUT2D eigenvalue weighted by atomic mass is 35.5. The van der Waals surface area contributed by atoms with Gasteiger partial charge in [-0.25, -0.2) is 0 Å². The van der Waals surface area contributed by atoms with Gasteiger partial charge in [-0.3, -0.25) is 0 Å². The molecule has 0 bridgehead atoms. The van der Waals surface area contributed by atoms with Gasteiger partial charge in [0.1, 0.15) is 5.75 Å². The quantitative estimate of drug-likeness (QED) is 0.878. The van der Waals surface area contributed by atoms with Crippen molar-refractivity contribution in [1.82, 2.24) is 0 Å². The zero-order chi connectivity index (χ0) is 12.5. The number of nitrogens with two attached hydrogens (primary N) is 1. The Labute approximate surface area is 108 Å². The Hall–Kier alpha value is -0.730. The Kier molecular flexibility index (Phi) is 3.64. The lowest BCUT2D eigenvalue weighted by atomic mass is 9.93. The van der Waals surface area contributed by atoms with Crippen LogP contribution >= 0.6 is 11.6 Å². The third kappa shape index (κ3) is 3.36. The van der Waals surface area contributed by atoms with Crippen LogP contribution in [0.4, 0.5) is 0 Å². The molecule has 1 aromatic carbocycles. The van der Waals surface area contributed by atoms with Gasteiger partial charge in [-0.05, 0) is 62.8 Å². The molecule has 1 aliphatic rings. The summed E-state index contributed by atoms with van der Waals surface area (Å²) < 4.78 is 5.87. The molecule has 3 heteroatoms. The molecule has 0 aliphatic carbocycles. The van der Waals surface area contributed by atoms with Crippen LogP contribution in [0.25, 0.3) is 0 Å². The summed E-state index contributed by atoms with van der Waals surface area (Å²) in [5, 5.41) is 0.786. The molecule has 0 saturated heterocycles. The van der Waals surface area contributed by atoms with Gasteiger partial charge in [-0.2, -0.15) is 0 Å². The predicted octanol–water partition coefficient (Wildman–Crippen LogP) is 3.33. The van der Waals surface area contributed by atoms with Crippen LogP contribution < -0.4 is 10.5 Å². The molecule has 0 spiro atoms. The van der Waals surface area contributed by atoms with E-state index in [1.54, 1.807) is 0 Å². The van der Waals surface area contributed by atoms with Crippen LogP contribution in [0, 0.1) is 0 Å². The van der Waals surface area contributed by atoms with Gasteiger partial charge in [0.15, 0.2) is 0 Å². The molecule has 94 valence electrons. The molecule has 2 N–H and O–H groups in total. The van der Waals surface area contributed by atoms with Gasteiger partial charge in [-0.15, -0.1) is 0 Å². The molecule has 2 rings (SSSR count). The van der Waals surface area contributed by atoms with Gasteiger partial charge in [0.05, 0.1) is 6.61 Å². The van der Waals surface area contributed by atoms with Crippen molar-refractivity contribution in [1.29, 1.82) is 0 Å². The molecule has 0 aromatic heterocycles. The monoisotopic (exact) mass is 253 g/mol. The fourth-order valence-corrected chi connectivity index (χ4v) is 2.56. The van der Waals surface area contributed by atoms with E-state index in [0.717, 1.165) is 42.2 Å². The third-order valence-corrected chi connectivity index (χ3v) is 3.16. The molecular formula is C14H20ClNO. The number of halogens is 1. The van der Waals surface area contributed by atoms with E-state index in [1.807, 2.05) is 26.0 Å². The maximum Gasteiger partial charge on any atom is 0.125 e. The van der Waals surface area contributed by atoms with Crippen molar-refractivity contribution in [2.24, 2.45) is 5.73 Å². The lowest BCUT2D eigenvalue weighted by Gasteiger charge is -2.21. The van der Waals surface area contributed by atoms with Crippen LogP contribution in [0.5, 0.6) is 5.75 Å². The summed E-state index contributed by atoms with van der Waals surface area (Å²) in [6, 6.07) is 4.01. The van der Waals surface area contributed by atoms with E-state index in [1.165, 1.54) is 12.0 Å². The minimum absolute atomic E-state index is 0.242. The number of rotatable bonds is 2. The molecule has 2 nitrogen and oxygen atoms in total. The van der Waals surface area contributed by atoms with Crippen molar-refractivity contribution in [3.63, 3.8) is 0 Å². The van der Waals surface area contributed by atoms with Gasteiger partial charge in [0, 0.05) is 10.6 Å². The number of aryl methyl sites for hydroxylation is 1. The lowest BCUT2D eigenvalue weighted by Crippen LogP contribution is -2.34. The highest BCUT2D eigenvalue weighted by Gasteiger charge is 2.19. The largest absolute Gasteiger partial charge is 0.493 e. The number of ether oxygens (including phenoxy) is 1. The maximum absolute atomic E-state index is 6.17. The molecular weight excluding hydrogens is 234 g/mol. The first-order valence-electron chi connectivity index (χ1n) is 6.19. The molecule has 0 amide bonds. The summed E-state index contributed by atoms with van der Waals surface area (Å²) in [5.41, 5.74) is 8.22. The fraction of sp³-hybridized carbons (Fsp3) is 0.571. The summed E-state index contributed by atoms with van der Waals surface area (Å²) in [5.74, 6) is 1.02. The van der Waals surface area contributed by atoms with Crippen LogP contribution in [0.3, 0.4) is 0 Å². The van der Waals surface area contributed by atoms with E-state index < -0.39 is 0 Å². The van der Waals surface area contributed by atoms with Crippen molar-refractivity contribution >= 4 is 11.6 Å². The highest BCUT2D eigenvalue weighted by Crippen LogP contribution is 2.33. The molecule has 1 aromatic rings. The van der Waals surface area contributed by atoms with E-state index in [0.29, 0.717) is 0 Å². The van der Waals surface area contributed by atoms with Gasteiger partial charge in [0.2, 0.25) is 0 Å². The molecule has 1 heterocycles. The summed E-state index contributed by atoms with van der Waals surface area (Å²) in [7, 11) is 0. The van der Waals surface area contributed by atoms with Crippen molar-refractivity contribution in [3.8, 4) is 5.75 Å². The normalized spacial score (nSPS) is 16.0. The predicted molar refractivity (Wildman–Crippen MR) is 71.9 cm³/mol. The van der Waals surface area contributed by atoms with Crippen molar-refractivity contribution in [3.05, 3.63) is 28.3 Å². The second-order valence-corrected chi connectivity index (χ2v) is 5.96. The summed E-state index contributed by atoms with van der Waals surface area (Å²) in [6.07, 6.45) is 4.11. The molecule has 0 saturated carbocycles. The Morgan fingerprint density at radius 3 is 2.82 bits per heavy atom. The van der Waals surface area contributed by atoms with Gasteiger partial charge in [-0.1, -0.05) is 11.6 Å². The number of hydrogen-bond acceptors (Lipinski definition) is 2. The molecule has 0 atom stereocenters. The zero-order valence-electron chi connectivity index (χ0n) is 10.6. The van der Waals surface area contributed by atoms with Crippen molar-refractivity contribution in [2.45, 2.75) is 45.1 Å². The minimum atomic E-state index is -0.242. The van der Waals surface area contributed by atoms with Crippen LogP contribution in [0.2, 0.25) is 5.02 Å². The molecule has 17 heavy (non-hydrogen) atoms. The summed E-state index contributed by atoms with van der Waals surface area (Å²) in [4.78, 5) is 0. The molecule has 0 fully saturated rings. The Morgan fingerprint density at radius 2 is 2.12 bits per heavy atom. The van der Waals surface area contributed by atoms with E-state index in [4.69, 9.17) is 22.1 Å². The van der Waals surface area contributed by atoms with Crippen molar-refractivity contribution in [2.75, 3.05) is 6.61 Å². The number of hydrogen-bond donors (Lipinski definition) is 1. The first-order valence-corrected chi connectivity index (χ1v) is 6.56. The smallest absolute Gasteiger partial charge is 0.125 e. The van der Waals surface area contributed by atoms with Crippen LogP contribution in [0.1, 0.15) is 37.8 Å². The van der Waals surface area contributed by atoms with Gasteiger partial charge < -0.3 is 10.5 Å². The van der Waals surface area contributed by atoms with E-state index in [9.17, 15) is 0 Å². The lowest BCUT2D eigenvalue weighted by molar-refractivity contribution is 0.311. The topological polar surface area (TPSA) is 35.2 Å². The molecule has 0 unspecified atom stereocenters. The van der Waals surface area contributed by atoms with Crippen LogP contribution in [0.15, 0.2) is 12.1 Å². The van der Waals surface area contributed by atoms with Crippen molar-refractivity contribution < 1.29 is 4.74 Å². The number of benzene rings is 1. The average Bonchev–Trinajstić information content (AvgIpc) is 2.39. The Balaban J connectivity index is 2.40. The summed E-state index contributed by atoms with van der Waals surface area (Å²) in [6.45, 7) is 4.85. The average molecular weight is 254 g/mol. The van der Waals surface area contributed by atoms with Gasteiger partial charge >= 0.3 is 0 Å². The molecule has 0 radical (unpaired) electrons. The summed E-state index contributed by atoms with van der Waals surface area (Å²) >= 11 is 6.17. The van der Waals surface area contributed by atoms with E-state index in [2.05, 4.69) is 0 Å². The second kappa shape index (κ2) is 4.87. The molecule has 1 aliphatic heterocycles. The highest BCUT2D eigenvalue weighted by molar-refractivity contribution is 6.30. The minimum Gasteiger partial charge on any atom is -0.493 e. The zero-order valence-corrected chi connectivity index (χ0v) is 11.3. The Bertz CT molecular complexity index is 409. The van der Waals surface area contributed by atoms with Crippen LogP contribution in [-0.2, 0) is 12.8 Å². The SMILES string of the molecule is CC(C)(N)Cc1cc(Cl)cc2c1OCCCC2. The fourth-order valence-electron chi connectivity index (χ4n) is 2.30. The van der Waals surface area contributed by atoms with E-state index >= 15 is 0 Å². The third-order valence-electron chi connectivity index (χ3n) is 2.94. The van der Waals surface area contributed by atoms with Crippen LogP contribution in [-0.4, -0.2) is 12.1 Å².